The van der Waals surface area contributed by atoms with Crippen molar-refractivity contribution in [1.82, 2.24) is 0 Å². The van der Waals surface area contributed by atoms with Gasteiger partial charge in [-0.2, -0.15) is 0 Å². The van der Waals surface area contributed by atoms with E-state index in [0.717, 1.165) is 51.4 Å². The van der Waals surface area contributed by atoms with Gasteiger partial charge < -0.3 is 9.47 Å². The maximum atomic E-state index is 13.8. The van der Waals surface area contributed by atoms with Crippen molar-refractivity contribution in [3.8, 4) is 12.3 Å². The van der Waals surface area contributed by atoms with Crippen LogP contribution >= 0.6 is 0 Å². The summed E-state index contributed by atoms with van der Waals surface area (Å²) >= 11 is 0. The van der Waals surface area contributed by atoms with Gasteiger partial charge in [0.1, 0.15) is 12.7 Å². The van der Waals surface area contributed by atoms with Crippen LogP contribution in [0.5, 0.6) is 0 Å². The fraction of sp³-hybridized carbons (Fsp3) is 0.789. The molecule has 0 saturated heterocycles. The van der Waals surface area contributed by atoms with Crippen molar-refractivity contribution in [3.63, 3.8) is 0 Å². The van der Waals surface area contributed by atoms with Crippen LogP contribution in [0.3, 0.4) is 0 Å². The molecule has 42 heavy (non-hydrogen) atoms. The van der Waals surface area contributed by atoms with Crippen LogP contribution in [0.15, 0.2) is 24.3 Å². The zero-order valence-electron chi connectivity index (χ0n) is 27.5. The quantitative estimate of drug-likeness (QED) is 0.180. The smallest absolute Gasteiger partial charge is 0.313 e. The Bertz CT molecular complexity index is 1170. The molecule has 0 aliphatic heterocycles. The number of esters is 2. The van der Waals surface area contributed by atoms with Crippen molar-refractivity contribution in [2.75, 3.05) is 6.61 Å². The minimum Gasteiger partial charge on any atom is -0.462 e. The summed E-state index contributed by atoms with van der Waals surface area (Å²) in [6, 6.07) is 0. The second-order valence-corrected chi connectivity index (χ2v) is 16.2. The minimum absolute atomic E-state index is 0.00825. The van der Waals surface area contributed by atoms with Crippen LogP contribution in [-0.4, -0.2) is 24.6 Å². The number of fused-ring (bicyclic) bond motifs is 7. The summed E-state index contributed by atoms with van der Waals surface area (Å²) in [7, 11) is 0. The highest BCUT2D eigenvalue weighted by atomic mass is 16.5. The largest absolute Gasteiger partial charge is 0.462 e. The number of ether oxygens (including phenoxy) is 2. The molecule has 0 radical (unpaired) electrons. The predicted molar refractivity (Wildman–Crippen MR) is 168 cm³/mol. The molecule has 5 aliphatic rings. The molecule has 10 atom stereocenters. The van der Waals surface area contributed by atoms with E-state index in [0.29, 0.717) is 43.1 Å². The van der Waals surface area contributed by atoms with E-state index in [2.05, 4.69) is 67.0 Å². The molecule has 4 nitrogen and oxygen atoms in total. The molecule has 0 aromatic rings. The van der Waals surface area contributed by atoms with Crippen LogP contribution in [-0.2, 0) is 19.1 Å². The third kappa shape index (κ3) is 4.37. The molecular formula is C38H56O4. The maximum Gasteiger partial charge on any atom is 0.313 e. The summed E-state index contributed by atoms with van der Waals surface area (Å²) < 4.78 is 12.0. The van der Waals surface area contributed by atoms with E-state index >= 15 is 0 Å². The summed E-state index contributed by atoms with van der Waals surface area (Å²) in [6.07, 6.45) is 19.8. The van der Waals surface area contributed by atoms with Gasteiger partial charge in [-0.15, -0.1) is 12.3 Å². The molecule has 5 aliphatic carbocycles. The molecule has 0 aromatic carbocycles. The lowest BCUT2D eigenvalue weighted by molar-refractivity contribution is -0.215. The molecule has 0 bridgehead atoms. The summed E-state index contributed by atoms with van der Waals surface area (Å²) in [5.41, 5.74) is 1.46. The summed E-state index contributed by atoms with van der Waals surface area (Å²) in [5, 5.41) is 0. The third-order valence-electron chi connectivity index (χ3n) is 14.4. The van der Waals surface area contributed by atoms with Gasteiger partial charge in [0.05, 0.1) is 11.8 Å². The third-order valence-corrected chi connectivity index (χ3v) is 14.4. The number of hydrogen-bond acceptors (Lipinski definition) is 4. The van der Waals surface area contributed by atoms with Crippen molar-refractivity contribution in [2.24, 2.45) is 56.7 Å². The lowest BCUT2D eigenvalue weighted by atomic mass is 9.33. The first-order valence-electron chi connectivity index (χ1n) is 16.8. The SMILES string of the molecule is C#CCCC(=O)O[C@H]1CCC2(C)C(CC[C@]3(C)[C@@H]2CC=C2[C@@H]4[C@@H](C)[C@H](C)CC[C@]4(C(=O)OCC=C)CC[C@]23C)C1(C)C. The highest BCUT2D eigenvalue weighted by Crippen LogP contribution is 2.76. The highest BCUT2D eigenvalue weighted by molar-refractivity contribution is 5.79. The number of rotatable bonds is 6. The summed E-state index contributed by atoms with van der Waals surface area (Å²) in [4.78, 5) is 26.4. The van der Waals surface area contributed by atoms with Gasteiger partial charge in [-0.05, 0) is 104 Å². The van der Waals surface area contributed by atoms with E-state index in [9.17, 15) is 9.59 Å². The van der Waals surface area contributed by atoms with Crippen LogP contribution in [0.25, 0.3) is 0 Å². The van der Waals surface area contributed by atoms with Crippen LogP contribution in [0.2, 0.25) is 0 Å². The number of carbonyl (C=O) groups is 2. The Labute approximate surface area is 255 Å². The van der Waals surface area contributed by atoms with E-state index in [1.807, 2.05) is 0 Å². The molecule has 0 aromatic heterocycles. The van der Waals surface area contributed by atoms with E-state index in [1.54, 1.807) is 11.6 Å². The Morgan fingerprint density at radius 1 is 1.02 bits per heavy atom. The topological polar surface area (TPSA) is 52.6 Å². The van der Waals surface area contributed by atoms with Crippen molar-refractivity contribution in [3.05, 3.63) is 24.3 Å². The lowest BCUT2D eigenvalue weighted by Crippen LogP contribution is -2.65. The molecule has 0 amide bonds. The van der Waals surface area contributed by atoms with Gasteiger partial charge in [0.15, 0.2) is 0 Å². The second kappa shape index (κ2) is 10.9. The second-order valence-electron chi connectivity index (χ2n) is 16.2. The van der Waals surface area contributed by atoms with Crippen molar-refractivity contribution in [1.29, 1.82) is 0 Å². The van der Waals surface area contributed by atoms with Gasteiger partial charge in [0.25, 0.3) is 0 Å². The first kappa shape index (κ1) is 31.4. The van der Waals surface area contributed by atoms with E-state index < -0.39 is 5.41 Å². The molecule has 0 heterocycles. The standard InChI is InChI=1S/C38H56O4/c1-10-12-13-31(39)42-30-18-19-35(7)28(34(30,5)6)17-20-37(9)29(35)15-14-27-32-26(4)25(3)16-21-38(32,23-22-36(27,37)8)33(40)41-24-11-2/h1,11,14,25-26,28-30,32H,2,12-13,15-24H2,3-9H3/t25-,26+,28?,29-,30+,32+,35?,36-,37-,38+/m1/s1. The lowest BCUT2D eigenvalue weighted by Gasteiger charge is -2.71. The average Bonchev–Trinajstić information content (AvgIpc) is 2.94. The Morgan fingerprint density at radius 3 is 2.45 bits per heavy atom. The molecule has 0 spiro atoms. The Morgan fingerprint density at radius 2 is 1.76 bits per heavy atom. The Hall–Kier alpha value is -2.02. The highest BCUT2D eigenvalue weighted by Gasteiger charge is 2.70. The summed E-state index contributed by atoms with van der Waals surface area (Å²) in [6.45, 7) is 21.3. The number of carbonyl (C=O) groups excluding carboxylic acids is 2. The van der Waals surface area contributed by atoms with Crippen molar-refractivity contribution < 1.29 is 19.1 Å². The van der Waals surface area contributed by atoms with E-state index in [-0.39, 0.29) is 45.6 Å². The van der Waals surface area contributed by atoms with Gasteiger partial charge in [-0.25, -0.2) is 0 Å². The Balaban J connectivity index is 1.49. The zero-order chi connectivity index (χ0) is 30.7. The van der Waals surface area contributed by atoms with Crippen LogP contribution in [0.4, 0.5) is 0 Å². The molecule has 4 saturated carbocycles. The number of allylic oxidation sites excluding steroid dienone is 2. The monoisotopic (exact) mass is 576 g/mol. The number of terminal acetylenes is 1. The van der Waals surface area contributed by atoms with Crippen LogP contribution < -0.4 is 0 Å². The summed E-state index contributed by atoms with van der Waals surface area (Å²) in [5.74, 6) is 4.77. The first-order chi connectivity index (χ1) is 19.7. The predicted octanol–water partition coefficient (Wildman–Crippen LogP) is 8.70. The fourth-order valence-electron chi connectivity index (χ4n) is 11.7. The molecule has 2 unspecified atom stereocenters. The fourth-order valence-corrected chi connectivity index (χ4v) is 11.7. The normalized spacial score (nSPS) is 45.4. The molecule has 0 N–H and O–H groups in total. The van der Waals surface area contributed by atoms with E-state index in [1.165, 1.54) is 6.42 Å². The molecule has 4 fully saturated rings. The molecular weight excluding hydrogens is 520 g/mol. The molecule has 4 heteroatoms. The van der Waals surface area contributed by atoms with Crippen LogP contribution in [0.1, 0.15) is 119 Å². The van der Waals surface area contributed by atoms with Gasteiger partial charge >= 0.3 is 11.9 Å². The number of hydrogen-bond donors (Lipinski definition) is 0. The van der Waals surface area contributed by atoms with E-state index in [4.69, 9.17) is 15.9 Å². The maximum absolute atomic E-state index is 13.8. The van der Waals surface area contributed by atoms with Gasteiger partial charge in [0, 0.05) is 11.8 Å². The zero-order valence-corrected chi connectivity index (χ0v) is 27.5. The molecule has 5 rings (SSSR count). The van der Waals surface area contributed by atoms with Crippen molar-refractivity contribution >= 4 is 11.9 Å². The van der Waals surface area contributed by atoms with Gasteiger partial charge in [-0.1, -0.05) is 72.8 Å². The molecule has 232 valence electrons. The Kier molecular flexibility index (Phi) is 8.12. The van der Waals surface area contributed by atoms with Crippen molar-refractivity contribution in [2.45, 2.75) is 125 Å². The van der Waals surface area contributed by atoms with Gasteiger partial charge in [-0.3, -0.25) is 9.59 Å². The van der Waals surface area contributed by atoms with Crippen LogP contribution in [0, 0.1) is 69.0 Å². The minimum atomic E-state index is -0.409. The van der Waals surface area contributed by atoms with Gasteiger partial charge in [0.2, 0.25) is 0 Å². The average molecular weight is 577 g/mol. The first-order valence-corrected chi connectivity index (χ1v) is 16.8.